The second-order valence-electron chi connectivity index (χ2n) is 9.03. The van der Waals surface area contributed by atoms with E-state index < -0.39 is 10.0 Å². The lowest BCUT2D eigenvalue weighted by Crippen LogP contribution is -2.36. The maximum absolute atomic E-state index is 13.3. The van der Waals surface area contributed by atoms with Crippen molar-refractivity contribution < 1.29 is 13.2 Å². The lowest BCUT2D eigenvalue weighted by molar-refractivity contribution is 0.0928. The maximum Gasteiger partial charge on any atom is 0.308 e. The van der Waals surface area contributed by atoms with Crippen molar-refractivity contribution >= 4 is 43.2 Å². The molecule has 1 fully saturated rings. The number of carbonyl (C=O) groups is 1. The molecule has 7 nitrogen and oxygen atoms in total. The summed E-state index contributed by atoms with van der Waals surface area (Å²) in [4.78, 5) is 25.5. The first-order chi connectivity index (χ1) is 17.4. The van der Waals surface area contributed by atoms with Gasteiger partial charge in [0.1, 0.15) is 0 Å². The van der Waals surface area contributed by atoms with Gasteiger partial charge >= 0.3 is 4.87 Å². The van der Waals surface area contributed by atoms with Crippen molar-refractivity contribution in [2.75, 3.05) is 4.72 Å². The number of nitrogens with one attached hydrogen (secondary N) is 2. The molecule has 0 saturated heterocycles. The standard InChI is InChI=1S/C27H27N3O4S2/c31-26(28-20-11-5-2-6-12-20)22-13-7-8-14-23(22)29-36(33,34)21-15-16-24-25(17-21)35-27(32)30(24)18-19-9-3-1-4-10-19/h1,3-4,7-10,13-17,20,29H,2,5-6,11-12,18H2,(H,28,31). The van der Waals surface area contributed by atoms with E-state index in [0.29, 0.717) is 16.8 Å². The molecule has 0 unspecified atom stereocenters. The van der Waals surface area contributed by atoms with Gasteiger partial charge in [-0.1, -0.05) is 73.1 Å². The highest BCUT2D eigenvalue weighted by Gasteiger charge is 2.22. The van der Waals surface area contributed by atoms with Gasteiger partial charge in [0.15, 0.2) is 0 Å². The highest BCUT2D eigenvalue weighted by molar-refractivity contribution is 7.92. The van der Waals surface area contributed by atoms with Gasteiger partial charge < -0.3 is 5.32 Å². The number of fused-ring (bicyclic) bond motifs is 1. The number of anilines is 1. The average molecular weight is 522 g/mol. The van der Waals surface area contributed by atoms with Gasteiger partial charge in [-0.2, -0.15) is 0 Å². The highest BCUT2D eigenvalue weighted by atomic mass is 32.2. The Morgan fingerprint density at radius 1 is 0.944 bits per heavy atom. The van der Waals surface area contributed by atoms with Crippen molar-refractivity contribution in [2.24, 2.45) is 0 Å². The number of rotatable bonds is 7. The molecule has 3 aromatic carbocycles. The number of sulfonamides is 1. The number of nitrogens with zero attached hydrogens (tertiary/aromatic N) is 1. The molecule has 1 amide bonds. The van der Waals surface area contributed by atoms with Gasteiger partial charge in [0.25, 0.3) is 15.9 Å². The molecule has 1 aliphatic rings. The fourth-order valence-corrected chi connectivity index (χ4v) is 6.72. The Labute approximate surface area is 213 Å². The fraction of sp³-hybridized carbons (Fsp3) is 0.259. The monoisotopic (exact) mass is 521 g/mol. The zero-order chi connectivity index (χ0) is 25.1. The molecule has 0 spiro atoms. The first kappa shape index (κ1) is 24.3. The van der Waals surface area contributed by atoms with Crippen LogP contribution >= 0.6 is 11.3 Å². The molecule has 1 heterocycles. The third-order valence-electron chi connectivity index (χ3n) is 6.49. The summed E-state index contributed by atoms with van der Waals surface area (Å²) in [5.74, 6) is -0.285. The SMILES string of the molecule is O=C(NC1CCCCC1)c1ccccc1NS(=O)(=O)c1ccc2c(c1)sc(=O)n2Cc1ccccc1. The molecular weight excluding hydrogens is 494 g/mol. The minimum absolute atomic E-state index is 0.0330. The summed E-state index contributed by atoms with van der Waals surface area (Å²) >= 11 is 1.01. The van der Waals surface area contributed by atoms with Gasteiger partial charge in [0.2, 0.25) is 0 Å². The number of thiazole rings is 1. The highest BCUT2D eigenvalue weighted by Crippen LogP contribution is 2.26. The summed E-state index contributed by atoms with van der Waals surface area (Å²) < 4.78 is 31.3. The quantitative estimate of drug-likeness (QED) is 0.359. The number of carbonyl (C=O) groups excluding carboxylic acids is 1. The molecule has 0 aliphatic heterocycles. The van der Waals surface area contributed by atoms with Crippen LogP contribution in [0.3, 0.4) is 0 Å². The average Bonchev–Trinajstić information content (AvgIpc) is 3.19. The summed E-state index contributed by atoms with van der Waals surface area (Å²) in [5.41, 5.74) is 2.17. The summed E-state index contributed by atoms with van der Waals surface area (Å²) in [5, 5.41) is 3.04. The summed E-state index contributed by atoms with van der Waals surface area (Å²) in [6.45, 7) is 0.410. The van der Waals surface area contributed by atoms with Crippen LogP contribution in [-0.2, 0) is 16.6 Å². The largest absolute Gasteiger partial charge is 0.349 e. The Hall–Kier alpha value is -3.43. The first-order valence-electron chi connectivity index (χ1n) is 12.0. The van der Waals surface area contributed by atoms with Crippen molar-refractivity contribution in [3.63, 3.8) is 0 Å². The van der Waals surface area contributed by atoms with E-state index in [1.807, 2.05) is 30.3 Å². The Morgan fingerprint density at radius 2 is 1.67 bits per heavy atom. The number of para-hydroxylation sites is 1. The first-order valence-corrected chi connectivity index (χ1v) is 14.3. The van der Waals surface area contributed by atoms with Crippen LogP contribution < -0.4 is 14.9 Å². The number of amides is 1. The van der Waals surface area contributed by atoms with Crippen LogP contribution in [0.1, 0.15) is 48.0 Å². The Morgan fingerprint density at radius 3 is 2.44 bits per heavy atom. The Balaban J connectivity index is 1.40. The zero-order valence-corrected chi connectivity index (χ0v) is 21.3. The normalized spacial score (nSPS) is 14.6. The minimum atomic E-state index is -3.99. The predicted molar refractivity (Wildman–Crippen MR) is 143 cm³/mol. The molecular formula is C27H27N3O4S2. The van der Waals surface area contributed by atoms with Crippen LogP contribution in [-0.4, -0.2) is 24.9 Å². The molecule has 186 valence electrons. The third kappa shape index (κ3) is 5.22. The van der Waals surface area contributed by atoms with E-state index >= 15 is 0 Å². The van der Waals surface area contributed by atoms with Gasteiger partial charge in [-0.05, 0) is 48.7 Å². The van der Waals surface area contributed by atoms with Gasteiger partial charge in [0, 0.05) is 6.04 Å². The van der Waals surface area contributed by atoms with E-state index in [1.54, 1.807) is 34.9 Å². The molecule has 1 saturated carbocycles. The molecule has 0 radical (unpaired) electrons. The smallest absolute Gasteiger partial charge is 0.308 e. The lowest BCUT2D eigenvalue weighted by Gasteiger charge is -2.23. The number of hydrogen-bond acceptors (Lipinski definition) is 5. The van der Waals surface area contributed by atoms with Crippen molar-refractivity contribution in [1.29, 1.82) is 0 Å². The van der Waals surface area contributed by atoms with Crippen molar-refractivity contribution in [1.82, 2.24) is 9.88 Å². The Bertz CT molecular complexity index is 1550. The van der Waals surface area contributed by atoms with Crippen LogP contribution in [0.2, 0.25) is 0 Å². The molecule has 0 bridgehead atoms. The molecule has 0 atom stereocenters. The van der Waals surface area contributed by atoms with Gasteiger partial charge in [-0.3, -0.25) is 18.9 Å². The molecule has 2 N–H and O–H groups in total. The van der Waals surface area contributed by atoms with Crippen LogP contribution in [0.5, 0.6) is 0 Å². The van der Waals surface area contributed by atoms with Crippen LogP contribution in [0.15, 0.2) is 82.5 Å². The van der Waals surface area contributed by atoms with Crippen LogP contribution in [0.25, 0.3) is 10.2 Å². The number of benzene rings is 3. The van der Waals surface area contributed by atoms with Crippen molar-refractivity contribution in [3.05, 3.63) is 93.6 Å². The second kappa shape index (κ2) is 10.3. The van der Waals surface area contributed by atoms with Gasteiger partial charge in [-0.15, -0.1) is 0 Å². The summed E-state index contributed by atoms with van der Waals surface area (Å²) in [7, 11) is -3.99. The second-order valence-corrected chi connectivity index (χ2v) is 11.7. The topological polar surface area (TPSA) is 97.3 Å². The van der Waals surface area contributed by atoms with Crippen LogP contribution in [0.4, 0.5) is 5.69 Å². The van der Waals surface area contributed by atoms with E-state index in [4.69, 9.17) is 0 Å². The maximum atomic E-state index is 13.3. The van der Waals surface area contributed by atoms with E-state index in [2.05, 4.69) is 10.0 Å². The molecule has 1 aromatic heterocycles. The number of hydrogen-bond donors (Lipinski definition) is 2. The summed E-state index contributed by atoms with van der Waals surface area (Å²) in [6.07, 6.45) is 5.22. The zero-order valence-electron chi connectivity index (χ0n) is 19.6. The predicted octanol–water partition coefficient (Wildman–Crippen LogP) is 4.97. The minimum Gasteiger partial charge on any atom is -0.349 e. The third-order valence-corrected chi connectivity index (χ3v) is 8.80. The van der Waals surface area contributed by atoms with Crippen molar-refractivity contribution in [2.45, 2.75) is 49.6 Å². The van der Waals surface area contributed by atoms with Crippen LogP contribution in [0, 0.1) is 0 Å². The molecule has 4 aromatic rings. The van der Waals surface area contributed by atoms with Crippen molar-refractivity contribution in [3.8, 4) is 0 Å². The van der Waals surface area contributed by atoms with Gasteiger partial charge in [0.05, 0.1) is 32.9 Å². The van der Waals surface area contributed by atoms with Gasteiger partial charge in [-0.25, -0.2) is 8.42 Å². The van der Waals surface area contributed by atoms with E-state index in [0.717, 1.165) is 42.6 Å². The summed E-state index contributed by atoms with van der Waals surface area (Å²) in [6, 6.07) is 21.0. The van der Waals surface area contributed by atoms with E-state index in [1.165, 1.54) is 18.6 Å². The molecule has 5 rings (SSSR count). The van der Waals surface area contributed by atoms with E-state index in [-0.39, 0.29) is 33.0 Å². The molecule has 36 heavy (non-hydrogen) atoms. The Kier molecular flexibility index (Phi) is 6.93. The number of aromatic nitrogens is 1. The fourth-order valence-electron chi connectivity index (χ4n) is 4.61. The van der Waals surface area contributed by atoms with E-state index in [9.17, 15) is 18.0 Å². The molecule has 9 heteroatoms. The lowest BCUT2D eigenvalue weighted by atomic mass is 9.95. The molecule has 1 aliphatic carbocycles.